The Morgan fingerprint density at radius 3 is 2.35 bits per heavy atom. The van der Waals surface area contributed by atoms with Crippen molar-refractivity contribution in [3.8, 4) is 11.3 Å². The fourth-order valence-electron chi connectivity index (χ4n) is 4.37. The van der Waals surface area contributed by atoms with Crippen molar-refractivity contribution < 1.29 is 4.79 Å². The zero-order valence-electron chi connectivity index (χ0n) is 18.1. The Bertz CT molecular complexity index is 966. The molecule has 0 unspecified atom stereocenters. The van der Waals surface area contributed by atoms with Crippen molar-refractivity contribution in [3.05, 3.63) is 78.1 Å². The number of carbonyl (C=O) groups is 1. The average molecular weight is 414 g/mol. The van der Waals surface area contributed by atoms with Gasteiger partial charge in [-0.2, -0.15) is 0 Å². The van der Waals surface area contributed by atoms with Gasteiger partial charge in [0.15, 0.2) is 5.82 Å². The van der Waals surface area contributed by atoms with Gasteiger partial charge >= 0.3 is 0 Å². The van der Waals surface area contributed by atoms with E-state index < -0.39 is 0 Å². The first-order valence-corrected chi connectivity index (χ1v) is 11.5. The molecule has 160 valence electrons. The van der Waals surface area contributed by atoms with Gasteiger partial charge in [-0.3, -0.25) is 4.79 Å². The highest BCUT2D eigenvalue weighted by atomic mass is 16.1. The number of aryl methyl sites for hydroxylation is 2. The molecule has 1 amide bonds. The molecule has 0 saturated heterocycles. The number of hydrogen-bond acceptors (Lipinski definition) is 3. The van der Waals surface area contributed by atoms with Gasteiger partial charge in [-0.1, -0.05) is 92.8 Å². The van der Waals surface area contributed by atoms with Gasteiger partial charge in [-0.15, -0.1) is 0 Å². The first-order valence-electron chi connectivity index (χ1n) is 11.5. The predicted molar refractivity (Wildman–Crippen MR) is 126 cm³/mol. The number of carbonyl (C=O) groups excluding carboxylic acids is 1. The summed E-state index contributed by atoms with van der Waals surface area (Å²) in [6, 6.07) is 20.2. The lowest BCUT2D eigenvalue weighted by Crippen LogP contribution is -2.16. The maximum atomic E-state index is 12.6. The molecule has 3 aromatic rings. The van der Waals surface area contributed by atoms with E-state index in [2.05, 4.69) is 22.4 Å². The molecule has 4 heteroatoms. The van der Waals surface area contributed by atoms with E-state index in [1.807, 2.05) is 48.5 Å². The van der Waals surface area contributed by atoms with Crippen LogP contribution in [0, 0.1) is 5.92 Å². The smallest absolute Gasteiger partial charge is 0.225 e. The summed E-state index contributed by atoms with van der Waals surface area (Å²) >= 11 is 0. The third-order valence-electron chi connectivity index (χ3n) is 6.17. The molecule has 0 bridgehead atoms. The second kappa shape index (κ2) is 10.9. The normalized spacial score (nSPS) is 14.3. The Balaban J connectivity index is 1.47. The third kappa shape index (κ3) is 6.24. The molecule has 1 heterocycles. The summed E-state index contributed by atoms with van der Waals surface area (Å²) in [4.78, 5) is 22.2. The number of benzene rings is 2. The maximum absolute atomic E-state index is 12.6. The van der Waals surface area contributed by atoms with Crippen LogP contribution < -0.4 is 5.32 Å². The summed E-state index contributed by atoms with van der Waals surface area (Å²) in [7, 11) is 0. The van der Waals surface area contributed by atoms with Crippen LogP contribution in [-0.4, -0.2) is 15.9 Å². The van der Waals surface area contributed by atoms with E-state index in [1.165, 1.54) is 37.7 Å². The van der Waals surface area contributed by atoms with E-state index in [1.54, 1.807) is 6.20 Å². The number of hydrogen-bond donors (Lipinski definition) is 1. The van der Waals surface area contributed by atoms with Crippen molar-refractivity contribution in [1.29, 1.82) is 0 Å². The minimum atomic E-state index is -0.00969. The quantitative estimate of drug-likeness (QED) is 0.476. The molecule has 1 aromatic heterocycles. The van der Waals surface area contributed by atoms with E-state index in [4.69, 9.17) is 4.98 Å². The average Bonchev–Trinajstić information content (AvgIpc) is 2.84. The minimum absolute atomic E-state index is 0.00969. The number of nitrogens with one attached hydrogen (secondary N) is 1. The molecule has 1 aliphatic rings. The van der Waals surface area contributed by atoms with Crippen molar-refractivity contribution in [1.82, 2.24) is 9.97 Å². The van der Waals surface area contributed by atoms with E-state index in [-0.39, 0.29) is 5.91 Å². The second-order valence-electron chi connectivity index (χ2n) is 8.49. The van der Waals surface area contributed by atoms with Gasteiger partial charge in [0.25, 0.3) is 0 Å². The minimum Gasteiger partial charge on any atom is -0.309 e. The summed E-state index contributed by atoms with van der Waals surface area (Å²) in [6.45, 7) is 0. The molecule has 0 spiro atoms. The predicted octanol–water partition coefficient (Wildman–Crippen LogP) is 6.23. The number of rotatable bonds is 8. The van der Waals surface area contributed by atoms with Crippen LogP contribution in [0.4, 0.5) is 5.82 Å². The molecule has 31 heavy (non-hydrogen) atoms. The summed E-state index contributed by atoms with van der Waals surface area (Å²) in [5, 5.41) is 3.03. The molecule has 1 N–H and O–H groups in total. The highest BCUT2D eigenvalue weighted by Crippen LogP contribution is 2.29. The Labute approximate surface area is 185 Å². The van der Waals surface area contributed by atoms with Crippen LogP contribution in [-0.2, 0) is 17.6 Å². The van der Waals surface area contributed by atoms with Crippen LogP contribution in [0.15, 0.2) is 66.9 Å². The van der Waals surface area contributed by atoms with Crippen LogP contribution in [0.2, 0.25) is 0 Å². The molecular formula is C27H31N3O. The van der Waals surface area contributed by atoms with E-state index >= 15 is 0 Å². The van der Waals surface area contributed by atoms with Gasteiger partial charge < -0.3 is 5.32 Å². The largest absolute Gasteiger partial charge is 0.309 e. The molecule has 4 rings (SSSR count). The first kappa shape index (κ1) is 21.2. The molecule has 1 aliphatic carbocycles. The Kier molecular flexibility index (Phi) is 7.43. The van der Waals surface area contributed by atoms with E-state index in [0.717, 1.165) is 42.1 Å². The fraction of sp³-hybridized carbons (Fsp3) is 0.370. The van der Waals surface area contributed by atoms with Gasteiger partial charge in [0.1, 0.15) is 0 Å². The van der Waals surface area contributed by atoms with Gasteiger partial charge in [0.2, 0.25) is 5.91 Å². The standard InChI is InChI=1S/C27H31N3O/c31-26(19-17-22-12-6-2-7-13-22)30-27-24(18-16-21-10-4-1-5-11-21)29-25(20-28-27)23-14-8-3-9-15-23/h2-3,6-9,12-15,20-21H,1,4-5,10-11,16-19H2,(H,28,30,31). The van der Waals surface area contributed by atoms with E-state index in [9.17, 15) is 4.79 Å². The van der Waals surface area contributed by atoms with Gasteiger partial charge in [0.05, 0.1) is 17.6 Å². The lowest BCUT2D eigenvalue weighted by atomic mass is 9.86. The zero-order valence-corrected chi connectivity index (χ0v) is 18.1. The van der Waals surface area contributed by atoms with Crippen LogP contribution >= 0.6 is 0 Å². The molecule has 0 atom stereocenters. The van der Waals surface area contributed by atoms with Gasteiger partial charge in [0, 0.05) is 12.0 Å². The molecular weight excluding hydrogens is 382 g/mol. The molecule has 2 aromatic carbocycles. The van der Waals surface area contributed by atoms with Crippen molar-refractivity contribution >= 4 is 11.7 Å². The van der Waals surface area contributed by atoms with Crippen LogP contribution in [0.25, 0.3) is 11.3 Å². The SMILES string of the molecule is O=C(CCc1ccccc1)Nc1ncc(-c2ccccc2)nc1CCC1CCCCC1. The number of aromatic nitrogens is 2. The topological polar surface area (TPSA) is 54.9 Å². The Morgan fingerprint density at radius 2 is 1.61 bits per heavy atom. The van der Waals surface area contributed by atoms with Crippen LogP contribution in [0.3, 0.4) is 0 Å². The van der Waals surface area contributed by atoms with Gasteiger partial charge in [-0.05, 0) is 30.7 Å². The summed E-state index contributed by atoms with van der Waals surface area (Å²) < 4.78 is 0. The highest BCUT2D eigenvalue weighted by molar-refractivity contribution is 5.90. The fourth-order valence-corrected chi connectivity index (χ4v) is 4.37. The Hall–Kier alpha value is -3.01. The van der Waals surface area contributed by atoms with Crippen LogP contribution in [0.1, 0.15) is 56.2 Å². The monoisotopic (exact) mass is 413 g/mol. The van der Waals surface area contributed by atoms with Crippen molar-refractivity contribution in [2.24, 2.45) is 5.92 Å². The van der Waals surface area contributed by atoms with Crippen molar-refractivity contribution in [2.45, 2.75) is 57.8 Å². The second-order valence-corrected chi connectivity index (χ2v) is 8.49. The summed E-state index contributed by atoms with van der Waals surface area (Å²) in [5.74, 6) is 1.37. The maximum Gasteiger partial charge on any atom is 0.225 e. The third-order valence-corrected chi connectivity index (χ3v) is 6.17. The molecule has 1 saturated carbocycles. The molecule has 1 fully saturated rings. The molecule has 4 nitrogen and oxygen atoms in total. The molecule has 0 radical (unpaired) electrons. The lowest BCUT2D eigenvalue weighted by Gasteiger charge is -2.21. The lowest BCUT2D eigenvalue weighted by molar-refractivity contribution is -0.116. The zero-order chi connectivity index (χ0) is 21.3. The highest BCUT2D eigenvalue weighted by Gasteiger charge is 2.17. The Morgan fingerprint density at radius 1 is 0.903 bits per heavy atom. The first-order chi connectivity index (χ1) is 15.3. The van der Waals surface area contributed by atoms with Crippen molar-refractivity contribution in [2.75, 3.05) is 5.32 Å². The van der Waals surface area contributed by atoms with Gasteiger partial charge in [-0.25, -0.2) is 9.97 Å². The number of nitrogens with zero attached hydrogens (tertiary/aromatic N) is 2. The number of amides is 1. The molecule has 0 aliphatic heterocycles. The number of anilines is 1. The van der Waals surface area contributed by atoms with Crippen molar-refractivity contribution in [3.63, 3.8) is 0 Å². The summed E-state index contributed by atoms with van der Waals surface area (Å²) in [5.41, 5.74) is 3.98. The summed E-state index contributed by atoms with van der Waals surface area (Å²) in [6.07, 6.45) is 11.6. The van der Waals surface area contributed by atoms with E-state index in [0.29, 0.717) is 12.2 Å². The van der Waals surface area contributed by atoms with Crippen LogP contribution in [0.5, 0.6) is 0 Å².